The summed E-state index contributed by atoms with van der Waals surface area (Å²) in [6.07, 6.45) is 0.0996. The maximum Gasteiger partial charge on any atom is 0.266 e. The Balaban J connectivity index is 2.19. The molecule has 26 heavy (non-hydrogen) atoms. The first-order chi connectivity index (χ1) is 12.2. The van der Waals surface area contributed by atoms with Crippen molar-refractivity contribution in [2.75, 3.05) is 17.8 Å². The number of hydrogen-bond acceptors (Lipinski definition) is 5. The third kappa shape index (κ3) is 5.01. The van der Waals surface area contributed by atoms with Crippen molar-refractivity contribution in [2.45, 2.75) is 25.2 Å². The lowest BCUT2D eigenvalue weighted by Crippen LogP contribution is -2.31. The van der Waals surface area contributed by atoms with Crippen molar-refractivity contribution in [1.29, 1.82) is 0 Å². The molecule has 0 bridgehead atoms. The first-order valence-corrected chi connectivity index (χ1v) is 11.1. The summed E-state index contributed by atoms with van der Waals surface area (Å²) in [5.41, 5.74) is 0.484. The highest BCUT2D eigenvalue weighted by Gasteiger charge is 2.24. The van der Waals surface area contributed by atoms with Crippen molar-refractivity contribution in [1.82, 2.24) is 9.88 Å². The molecule has 11 heteroatoms. The van der Waals surface area contributed by atoms with E-state index in [9.17, 15) is 13.2 Å². The summed E-state index contributed by atoms with van der Waals surface area (Å²) in [7, 11) is -4.05. The molecule has 6 nitrogen and oxygen atoms in total. The summed E-state index contributed by atoms with van der Waals surface area (Å²) >= 11 is 18.8. The first-order valence-electron chi connectivity index (χ1n) is 7.57. The second-order valence-corrected chi connectivity index (χ2v) is 8.92. The van der Waals surface area contributed by atoms with Crippen molar-refractivity contribution >= 4 is 67.2 Å². The van der Waals surface area contributed by atoms with E-state index in [-0.39, 0.29) is 37.4 Å². The predicted octanol–water partition coefficient (Wildman–Crippen LogP) is 4.32. The van der Waals surface area contributed by atoms with E-state index in [1.807, 2.05) is 13.8 Å². The van der Waals surface area contributed by atoms with Gasteiger partial charge in [-0.2, -0.15) is 0 Å². The van der Waals surface area contributed by atoms with Crippen LogP contribution in [-0.2, 0) is 21.2 Å². The molecule has 0 aliphatic heterocycles. The highest BCUT2D eigenvalue weighted by atomic mass is 35.5. The highest BCUT2D eigenvalue weighted by Crippen LogP contribution is 2.34. The molecule has 142 valence electrons. The van der Waals surface area contributed by atoms with Crippen molar-refractivity contribution in [2.24, 2.45) is 0 Å². The Morgan fingerprint density at radius 3 is 2.31 bits per heavy atom. The molecule has 2 rings (SSSR count). The van der Waals surface area contributed by atoms with Crippen molar-refractivity contribution in [3.8, 4) is 0 Å². The summed E-state index contributed by atoms with van der Waals surface area (Å²) in [6.45, 7) is 4.99. The van der Waals surface area contributed by atoms with Gasteiger partial charge < -0.3 is 4.90 Å². The smallest absolute Gasteiger partial charge is 0.266 e. The molecular formula is C15H16Cl3N3O3S2. The number of carbonyl (C=O) groups is 1. The van der Waals surface area contributed by atoms with Crippen LogP contribution in [-0.4, -0.2) is 37.3 Å². The molecule has 2 aromatic rings. The van der Waals surface area contributed by atoms with Gasteiger partial charge in [0.1, 0.15) is 4.90 Å². The Morgan fingerprint density at radius 2 is 1.77 bits per heavy atom. The summed E-state index contributed by atoms with van der Waals surface area (Å²) in [5.74, 6) is -0.0708. The number of thiazole rings is 1. The molecule has 1 N–H and O–H groups in total. The lowest BCUT2D eigenvalue weighted by atomic mass is 10.3. The van der Waals surface area contributed by atoms with Gasteiger partial charge >= 0.3 is 0 Å². The van der Waals surface area contributed by atoms with Crippen molar-refractivity contribution in [3.63, 3.8) is 0 Å². The Labute approximate surface area is 171 Å². The molecular weight excluding hydrogens is 441 g/mol. The van der Waals surface area contributed by atoms with Crippen LogP contribution in [0.1, 0.15) is 19.5 Å². The molecule has 0 aliphatic carbocycles. The maximum atomic E-state index is 12.6. The van der Waals surface area contributed by atoms with Crippen LogP contribution < -0.4 is 4.72 Å². The minimum Gasteiger partial charge on any atom is -0.343 e. The molecule has 0 radical (unpaired) electrons. The zero-order chi connectivity index (χ0) is 19.5. The lowest BCUT2D eigenvalue weighted by molar-refractivity contribution is -0.130. The minimum atomic E-state index is -4.05. The third-order valence-electron chi connectivity index (χ3n) is 3.45. The van der Waals surface area contributed by atoms with Gasteiger partial charge in [0.25, 0.3) is 10.0 Å². The first kappa shape index (κ1) is 21.2. The minimum absolute atomic E-state index is 0.0708. The van der Waals surface area contributed by atoms with Gasteiger partial charge in [0, 0.05) is 23.5 Å². The SMILES string of the molecule is CCN(CC)C(=O)Cc1csc(NS(=O)(=O)c2c(Cl)cc(Cl)cc2Cl)n1. The largest absolute Gasteiger partial charge is 0.343 e. The van der Waals surface area contributed by atoms with E-state index in [0.717, 1.165) is 11.3 Å². The number of benzene rings is 1. The average molecular weight is 457 g/mol. The summed E-state index contributed by atoms with van der Waals surface area (Å²) in [4.78, 5) is 17.7. The fraction of sp³-hybridized carbons (Fsp3) is 0.333. The van der Waals surface area contributed by atoms with Crippen LogP contribution in [0.15, 0.2) is 22.4 Å². The van der Waals surface area contributed by atoms with Crippen LogP contribution in [0.4, 0.5) is 5.13 Å². The molecule has 0 unspecified atom stereocenters. The van der Waals surface area contributed by atoms with E-state index in [2.05, 4.69) is 9.71 Å². The molecule has 0 saturated heterocycles. The Kier molecular flexibility index (Phi) is 7.15. The Bertz CT molecular complexity index is 889. The molecule has 1 amide bonds. The fourth-order valence-corrected chi connectivity index (χ4v) is 5.74. The number of sulfonamides is 1. The molecule has 1 heterocycles. The number of anilines is 1. The molecule has 0 saturated carbocycles. The number of nitrogens with zero attached hydrogens (tertiary/aromatic N) is 2. The maximum absolute atomic E-state index is 12.6. The van der Waals surface area contributed by atoms with Gasteiger partial charge in [-0.15, -0.1) is 11.3 Å². The average Bonchev–Trinajstić information content (AvgIpc) is 2.93. The molecule has 0 aliphatic rings. The van der Waals surface area contributed by atoms with Crippen LogP contribution in [0.5, 0.6) is 0 Å². The van der Waals surface area contributed by atoms with Gasteiger partial charge in [0.05, 0.1) is 22.2 Å². The molecule has 0 spiro atoms. The van der Waals surface area contributed by atoms with E-state index >= 15 is 0 Å². The Morgan fingerprint density at radius 1 is 1.19 bits per heavy atom. The van der Waals surface area contributed by atoms with E-state index in [1.54, 1.807) is 10.3 Å². The van der Waals surface area contributed by atoms with Gasteiger partial charge in [0.15, 0.2) is 5.13 Å². The lowest BCUT2D eigenvalue weighted by Gasteiger charge is -2.17. The molecule has 0 atom stereocenters. The van der Waals surface area contributed by atoms with E-state index in [4.69, 9.17) is 34.8 Å². The highest BCUT2D eigenvalue weighted by molar-refractivity contribution is 7.93. The monoisotopic (exact) mass is 455 g/mol. The second kappa shape index (κ2) is 8.75. The van der Waals surface area contributed by atoms with Crippen LogP contribution in [0, 0.1) is 0 Å². The van der Waals surface area contributed by atoms with Crippen LogP contribution in [0.3, 0.4) is 0 Å². The number of amides is 1. The molecule has 0 fully saturated rings. The van der Waals surface area contributed by atoms with E-state index < -0.39 is 10.0 Å². The predicted molar refractivity (Wildman–Crippen MR) is 106 cm³/mol. The molecule has 1 aromatic carbocycles. The topological polar surface area (TPSA) is 79.4 Å². The standard InChI is InChI=1S/C15H16Cl3N3O3S2/c1-3-21(4-2)13(22)7-10-8-25-15(19-10)20-26(23,24)14-11(17)5-9(16)6-12(14)18/h5-6,8H,3-4,7H2,1-2H3,(H,19,20). The van der Waals surface area contributed by atoms with Crippen LogP contribution >= 0.6 is 46.1 Å². The quantitative estimate of drug-likeness (QED) is 0.673. The van der Waals surface area contributed by atoms with E-state index in [1.165, 1.54) is 12.1 Å². The zero-order valence-electron chi connectivity index (χ0n) is 13.9. The number of nitrogens with one attached hydrogen (secondary N) is 1. The fourth-order valence-electron chi connectivity index (χ4n) is 2.23. The zero-order valence-corrected chi connectivity index (χ0v) is 17.8. The summed E-state index contributed by atoms with van der Waals surface area (Å²) in [6, 6.07) is 2.58. The normalized spacial score (nSPS) is 11.4. The van der Waals surface area contributed by atoms with Crippen LogP contribution in [0.25, 0.3) is 0 Å². The summed E-state index contributed by atoms with van der Waals surface area (Å²) < 4.78 is 27.4. The number of carbonyl (C=O) groups excluding carboxylic acids is 1. The van der Waals surface area contributed by atoms with Gasteiger partial charge in [-0.3, -0.25) is 9.52 Å². The third-order valence-corrected chi connectivity index (χ3v) is 6.87. The number of rotatable bonds is 7. The van der Waals surface area contributed by atoms with Gasteiger partial charge in [0.2, 0.25) is 5.91 Å². The van der Waals surface area contributed by atoms with Gasteiger partial charge in [-0.1, -0.05) is 34.8 Å². The van der Waals surface area contributed by atoms with Crippen molar-refractivity contribution in [3.05, 3.63) is 38.3 Å². The molecule has 1 aromatic heterocycles. The van der Waals surface area contributed by atoms with Gasteiger partial charge in [-0.25, -0.2) is 13.4 Å². The van der Waals surface area contributed by atoms with Gasteiger partial charge in [-0.05, 0) is 26.0 Å². The van der Waals surface area contributed by atoms with E-state index in [0.29, 0.717) is 18.8 Å². The van der Waals surface area contributed by atoms with Crippen molar-refractivity contribution < 1.29 is 13.2 Å². The number of aromatic nitrogens is 1. The summed E-state index contributed by atoms with van der Waals surface area (Å²) in [5, 5.41) is 1.79. The van der Waals surface area contributed by atoms with Crippen LogP contribution in [0.2, 0.25) is 15.1 Å². The number of hydrogen-bond donors (Lipinski definition) is 1. The number of likely N-dealkylation sites (N-methyl/N-ethyl adjacent to an activating group) is 1. The second-order valence-electron chi connectivity index (χ2n) is 5.19. The number of halogens is 3. The Hall–Kier alpha value is -1.06.